The maximum atomic E-state index is 12.1. The van der Waals surface area contributed by atoms with Crippen LogP contribution < -0.4 is 5.32 Å². The van der Waals surface area contributed by atoms with Crippen molar-refractivity contribution < 1.29 is 14.3 Å². The number of benzene rings is 1. The van der Waals surface area contributed by atoms with Crippen molar-refractivity contribution in [1.82, 2.24) is 15.1 Å². The van der Waals surface area contributed by atoms with Gasteiger partial charge in [0, 0.05) is 17.6 Å². The van der Waals surface area contributed by atoms with E-state index in [4.69, 9.17) is 21.1 Å². The molecule has 1 aromatic carbocycles. The van der Waals surface area contributed by atoms with Crippen molar-refractivity contribution in [3.05, 3.63) is 59.4 Å². The van der Waals surface area contributed by atoms with Crippen molar-refractivity contribution >= 4 is 17.5 Å². The summed E-state index contributed by atoms with van der Waals surface area (Å²) in [7, 11) is 0. The third-order valence-electron chi connectivity index (χ3n) is 3.17. The number of hydrogen-bond donors (Lipinski definition) is 2. The van der Waals surface area contributed by atoms with E-state index in [9.17, 15) is 4.79 Å². The molecule has 3 rings (SSSR count). The van der Waals surface area contributed by atoms with Gasteiger partial charge in [0.1, 0.15) is 5.69 Å². The molecule has 0 aliphatic carbocycles. The van der Waals surface area contributed by atoms with Gasteiger partial charge in [-0.2, -0.15) is 5.10 Å². The van der Waals surface area contributed by atoms with E-state index in [1.807, 2.05) is 6.07 Å². The molecule has 2 aromatic heterocycles. The first kappa shape index (κ1) is 15.3. The van der Waals surface area contributed by atoms with Crippen molar-refractivity contribution in [2.24, 2.45) is 0 Å². The number of aliphatic hydroxyl groups is 1. The zero-order valence-electron chi connectivity index (χ0n) is 12.1. The summed E-state index contributed by atoms with van der Waals surface area (Å²) >= 11 is 6.04. The van der Waals surface area contributed by atoms with Gasteiger partial charge in [0.2, 0.25) is 0 Å². The Morgan fingerprint density at radius 2 is 2.17 bits per heavy atom. The first-order valence-electron chi connectivity index (χ1n) is 6.98. The zero-order chi connectivity index (χ0) is 16.2. The summed E-state index contributed by atoms with van der Waals surface area (Å²) in [4.78, 5) is 12.1. The minimum atomic E-state index is -0.368. The molecular weight excluding hydrogens is 318 g/mol. The summed E-state index contributed by atoms with van der Waals surface area (Å²) in [5.74, 6) is 0.214. The Hall–Kier alpha value is -2.57. The lowest BCUT2D eigenvalue weighted by Gasteiger charge is -2.05. The number of aliphatic hydroxyl groups excluding tert-OH is 1. The fraction of sp³-hybridized carbons (Fsp3) is 0.125. The van der Waals surface area contributed by atoms with Gasteiger partial charge in [-0.25, -0.2) is 4.68 Å². The van der Waals surface area contributed by atoms with Crippen LogP contribution in [0.1, 0.15) is 10.5 Å². The zero-order valence-corrected chi connectivity index (χ0v) is 12.8. The average Bonchev–Trinajstić information content (AvgIpc) is 3.21. The number of nitrogens with zero attached hydrogens (tertiary/aromatic N) is 2. The Labute approximate surface area is 137 Å². The highest BCUT2D eigenvalue weighted by atomic mass is 35.5. The average molecular weight is 332 g/mol. The number of furan rings is 1. The quantitative estimate of drug-likeness (QED) is 0.752. The van der Waals surface area contributed by atoms with Crippen LogP contribution in [0.15, 0.2) is 53.1 Å². The molecule has 6 nitrogen and oxygen atoms in total. The van der Waals surface area contributed by atoms with E-state index in [1.54, 1.807) is 47.3 Å². The van der Waals surface area contributed by atoms with E-state index in [0.29, 0.717) is 22.2 Å². The lowest BCUT2D eigenvalue weighted by atomic mass is 10.2. The highest BCUT2D eigenvalue weighted by Crippen LogP contribution is 2.25. The van der Waals surface area contributed by atoms with Gasteiger partial charge in [0.25, 0.3) is 5.91 Å². The molecular formula is C16H14ClN3O3. The van der Waals surface area contributed by atoms with Crippen LogP contribution in [0.3, 0.4) is 0 Å². The van der Waals surface area contributed by atoms with Gasteiger partial charge in [-0.05, 0) is 30.3 Å². The Morgan fingerprint density at radius 1 is 1.30 bits per heavy atom. The van der Waals surface area contributed by atoms with E-state index in [0.717, 1.165) is 0 Å². The molecule has 1 amide bonds. The van der Waals surface area contributed by atoms with Gasteiger partial charge in [0.15, 0.2) is 11.5 Å². The second kappa shape index (κ2) is 6.68. The van der Waals surface area contributed by atoms with E-state index >= 15 is 0 Å². The second-order valence-electron chi connectivity index (χ2n) is 4.76. The molecule has 23 heavy (non-hydrogen) atoms. The van der Waals surface area contributed by atoms with E-state index in [1.165, 1.54) is 0 Å². The number of halogens is 1. The van der Waals surface area contributed by atoms with Crippen molar-refractivity contribution in [1.29, 1.82) is 0 Å². The fourth-order valence-corrected chi connectivity index (χ4v) is 2.34. The number of hydrogen-bond acceptors (Lipinski definition) is 4. The van der Waals surface area contributed by atoms with E-state index in [2.05, 4.69) is 10.4 Å². The van der Waals surface area contributed by atoms with Crippen LogP contribution in [0.5, 0.6) is 0 Å². The van der Waals surface area contributed by atoms with Crippen molar-refractivity contribution in [3.8, 4) is 17.1 Å². The number of nitrogens with one attached hydrogen (secondary N) is 1. The maximum absolute atomic E-state index is 12.1. The second-order valence-corrected chi connectivity index (χ2v) is 5.20. The van der Waals surface area contributed by atoms with Crippen LogP contribution in [0.2, 0.25) is 5.02 Å². The van der Waals surface area contributed by atoms with Crippen LogP contribution in [0.4, 0.5) is 0 Å². The number of carbonyl (C=O) groups excluding carboxylic acids is 1. The van der Waals surface area contributed by atoms with E-state index in [-0.39, 0.29) is 24.8 Å². The van der Waals surface area contributed by atoms with Crippen LogP contribution in [0.25, 0.3) is 17.1 Å². The lowest BCUT2D eigenvalue weighted by Crippen LogP contribution is -2.26. The van der Waals surface area contributed by atoms with Crippen LogP contribution >= 0.6 is 11.6 Å². The standard InChI is InChI=1S/C16H14ClN3O3/c17-11-3-1-4-12(9-11)20-14(15-5-2-8-23-15)10-13(19-20)16(22)18-6-7-21/h1-5,8-10,21H,6-7H2,(H,18,22). The normalized spacial score (nSPS) is 10.7. The van der Waals surface area contributed by atoms with Gasteiger partial charge >= 0.3 is 0 Å². The lowest BCUT2D eigenvalue weighted by molar-refractivity contribution is 0.0939. The molecule has 2 N–H and O–H groups in total. The maximum Gasteiger partial charge on any atom is 0.271 e. The largest absolute Gasteiger partial charge is 0.463 e. The molecule has 7 heteroatoms. The Kier molecular flexibility index (Phi) is 4.45. The minimum Gasteiger partial charge on any atom is -0.463 e. The fourth-order valence-electron chi connectivity index (χ4n) is 2.16. The van der Waals surface area contributed by atoms with Gasteiger partial charge in [-0.15, -0.1) is 0 Å². The summed E-state index contributed by atoms with van der Waals surface area (Å²) in [6, 6.07) is 12.3. The van der Waals surface area contributed by atoms with Gasteiger partial charge in [-0.1, -0.05) is 17.7 Å². The first-order chi connectivity index (χ1) is 11.2. The third kappa shape index (κ3) is 3.28. The summed E-state index contributed by atoms with van der Waals surface area (Å²) in [6.45, 7) is 0.0325. The molecule has 2 heterocycles. The van der Waals surface area contributed by atoms with Crippen LogP contribution in [-0.2, 0) is 0 Å². The van der Waals surface area contributed by atoms with Gasteiger partial charge < -0.3 is 14.8 Å². The molecule has 0 aliphatic rings. The van der Waals surface area contributed by atoms with E-state index < -0.39 is 0 Å². The van der Waals surface area contributed by atoms with Crippen LogP contribution in [0, 0.1) is 0 Å². The highest BCUT2D eigenvalue weighted by Gasteiger charge is 2.18. The Bertz CT molecular complexity index is 812. The highest BCUT2D eigenvalue weighted by molar-refractivity contribution is 6.30. The smallest absolute Gasteiger partial charge is 0.271 e. The van der Waals surface area contributed by atoms with Gasteiger partial charge in [0.05, 0.1) is 18.6 Å². The number of aromatic nitrogens is 2. The number of carbonyl (C=O) groups is 1. The predicted octanol–water partition coefficient (Wildman–Crippen LogP) is 2.51. The Morgan fingerprint density at radius 3 is 2.87 bits per heavy atom. The molecule has 0 unspecified atom stereocenters. The molecule has 0 radical (unpaired) electrons. The monoisotopic (exact) mass is 331 g/mol. The summed E-state index contributed by atoms with van der Waals surface area (Å²) in [5.41, 5.74) is 1.57. The molecule has 0 spiro atoms. The number of rotatable bonds is 5. The first-order valence-corrected chi connectivity index (χ1v) is 7.36. The molecule has 0 aliphatic heterocycles. The third-order valence-corrected chi connectivity index (χ3v) is 3.40. The minimum absolute atomic E-state index is 0.133. The van der Waals surface area contributed by atoms with Gasteiger partial charge in [-0.3, -0.25) is 4.79 Å². The predicted molar refractivity (Wildman–Crippen MR) is 85.7 cm³/mol. The topological polar surface area (TPSA) is 80.3 Å². The summed E-state index contributed by atoms with van der Waals surface area (Å²) < 4.78 is 7.02. The molecule has 0 bridgehead atoms. The molecule has 0 saturated carbocycles. The molecule has 0 atom stereocenters. The van der Waals surface area contributed by atoms with Crippen LogP contribution in [-0.4, -0.2) is 33.9 Å². The Balaban J connectivity index is 2.06. The van der Waals surface area contributed by atoms with Crippen molar-refractivity contribution in [2.75, 3.05) is 13.2 Å². The molecule has 3 aromatic rings. The van der Waals surface area contributed by atoms with Crippen molar-refractivity contribution in [2.45, 2.75) is 0 Å². The SMILES string of the molecule is O=C(NCCO)c1cc(-c2ccco2)n(-c2cccc(Cl)c2)n1. The molecule has 0 fully saturated rings. The molecule has 0 saturated heterocycles. The summed E-state index contributed by atoms with van der Waals surface area (Å²) in [5, 5.41) is 16.3. The number of amides is 1. The molecule has 118 valence electrons. The van der Waals surface area contributed by atoms with Crippen molar-refractivity contribution in [3.63, 3.8) is 0 Å². The summed E-state index contributed by atoms with van der Waals surface area (Å²) in [6.07, 6.45) is 1.55.